The van der Waals surface area contributed by atoms with Crippen molar-refractivity contribution in [3.8, 4) is 11.5 Å². The molecule has 8 nitrogen and oxygen atoms in total. The largest absolute Gasteiger partial charge is 0.490 e. The fourth-order valence-electron chi connectivity index (χ4n) is 4.10. The minimum Gasteiger partial charge on any atom is -0.490 e. The van der Waals surface area contributed by atoms with Gasteiger partial charge in [-0.1, -0.05) is 19.4 Å². The number of hydrogen-bond acceptors (Lipinski definition) is 8. The Bertz CT molecular complexity index is 1060. The summed E-state index contributed by atoms with van der Waals surface area (Å²) in [5.74, 6) is -0.361. The van der Waals surface area contributed by atoms with Gasteiger partial charge in [0.25, 0.3) is 0 Å². The van der Waals surface area contributed by atoms with Gasteiger partial charge in [-0.15, -0.1) is 11.3 Å². The lowest BCUT2D eigenvalue weighted by Gasteiger charge is -2.13. The first-order valence-electron chi connectivity index (χ1n) is 11.9. The molecule has 0 fully saturated rings. The summed E-state index contributed by atoms with van der Waals surface area (Å²) >= 11 is 1.32. The highest BCUT2D eigenvalue weighted by Gasteiger charge is 2.38. The number of hydrogen-bond donors (Lipinski definition) is 1. The Morgan fingerprint density at radius 2 is 1.89 bits per heavy atom. The third-order valence-corrected chi connectivity index (χ3v) is 7.04. The van der Waals surface area contributed by atoms with E-state index in [1.807, 2.05) is 25.1 Å². The van der Waals surface area contributed by atoms with Crippen LogP contribution in [-0.4, -0.2) is 45.3 Å². The SMILES string of the molecule is CCCCOc1ccc(CCC(=O)Nc2sc3c(c2C(=O)OC)C(C(=O)OC)CC3)cc1OCC. The van der Waals surface area contributed by atoms with E-state index in [1.54, 1.807) is 0 Å². The van der Waals surface area contributed by atoms with E-state index >= 15 is 0 Å². The Morgan fingerprint density at radius 1 is 1.09 bits per heavy atom. The van der Waals surface area contributed by atoms with E-state index in [2.05, 4.69) is 12.2 Å². The molecule has 1 N–H and O–H groups in total. The van der Waals surface area contributed by atoms with E-state index in [9.17, 15) is 14.4 Å². The van der Waals surface area contributed by atoms with Gasteiger partial charge in [0.15, 0.2) is 11.5 Å². The first-order chi connectivity index (χ1) is 16.9. The predicted octanol–water partition coefficient (Wildman–Crippen LogP) is 4.89. The van der Waals surface area contributed by atoms with Gasteiger partial charge in [0.1, 0.15) is 5.00 Å². The highest BCUT2D eigenvalue weighted by atomic mass is 32.1. The second-order valence-corrected chi connectivity index (χ2v) is 9.32. The summed E-state index contributed by atoms with van der Waals surface area (Å²) in [6.07, 6.45) is 3.94. The Balaban J connectivity index is 1.71. The number of carbonyl (C=O) groups is 3. The molecule has 0 saturated carbocycles. The van der Waals surface area contributed by atoms with Crippen molar-refractivity contribution in [1.29, 1.82) is 0 Å². The van der Waals surface area contributed by atoms with Crippen LogP contribution in [0.15, 0.2) is 18.2 Å². The maximum absolute atomic E-state index is 12.8. The molecular formula is C26H33NO7S. The monoisotopic (exact) mass is 503 g/mol. The third kappa shape index (κ3) is 6.33. The van der Waals surface area contributed by atoms with Crippen LogP contribution in [0.2, 0.25) is 0 Å². The number of methoxy groups -OCH3 is 2. The fourth-order valence-corrected chi connectivity index (χ4v) is 5.39. The molecule has 0 aliphatic heterocycles. The van der Waals surface area contributed by atoms with Gasteiger partial charge < -0.3 is 24.3 Å². The van der Waals surface area contributed by atoms with Gasteiger partial charge in [0, 0.05) is 11.3 Å². The zero-order chi connectivity index (χ0) is 25.4. The van der Waals surface area contributed by atoms with E-state index in [4.69, 9.17) is 18.9 Å². The van der Waals surface area contributed by atoms with E-state index in [0.717, 1.165) is 23.3 Å². The van der Waals surface area contributed by atoms with Crippen LogP contribution in [0.1, 0.15) is 71.8 Å². The standard InChI is InChI=1S/C26H33NO7S/c1-5-7-14-34-18-11-8-16(15-19(18)33-6-2)9-13-21(28)27-24-23(26(30)32-4)22-17(25(29)31-3)10-12-20(22)35-24/h8,11,15,17H,5-7,9-10,12-14H2,1-4H3,(H,27,28). The second-order valence-electron chi connectivity index (χ2n) is 8.21. The molecule has 1 aliphatic carbocycles. The number of amides is 1. The Labute approximate surface area is 209 Å². The molecule has 1 amide bonds. The topological polar surface area (TPSA) is 100 Å². The van der Waals surface area contributed by atoms with Crippen LogP contribution in [0, 0.1) is 0 Å². The van der Waals surface area contributed by atoms with E-state index in [-0.39, 0.29) is 17.9 Å². The van der Waals surface area contributed by atoms with Crippen molar-refractivity contribution < 1.29 is 33.3 Å². The number of thiophene rings is 1. The van der Waals surface area contributed by atoms with Crippen LogP contribution < -0.4 is 14.8 Å². The molecule has 0 spiro atoms. The lowest BCUT2D eigenvalue weighted by atomic mass is 9.99. The number of unbranched alkanes of at least 4 members (excludes halogenated alkanes) is 1. The molecule has 1 aliphatic rings. The number of carbonyl (C=O) groups excluding carboxylic acids is 3. The van der Waals surface area contributed by atoms with Crippen molar-refractivity contribution in [3.05, 3.63) is 39.8 Å². The number of aryl methyl sites for hydroxylation is 2. The molecule has 9 heteroatoms. The van der Waals surface area contributed by atoms with Gasteiger partial charge in [0.2, 0.25) is 5.91 Å². The first-order valence-corrected chi connectivity index (χ1v) is 12.7. The molecule has 0 bridgehead atoms. The zero-order valence-corrected chi connectivity index (χ0v) is 21.5. The number of ether oxygens (including phenoxy) is 4. The van der Waals surface area contributed by atoms with Crippen LogP contribution in [0.5, 0.6) is 11.5 Å². The number of fused-ring (bicyclic) bond motifs is 1. The van der Waals surface area contributed by atoms with Gasteiger partial charge >= 0.3 is 11.9 Å². The lowest BCUT2D eigenvalue weighted by molar-refractivity contribution is -0.142. The first kappa shape index (κ1) is 26.5. The Morgan fingerprint density at radius 3 is 2.57 bits per heavy atom. The molecular weight excluding hydrogens is 470 g/mol. The van der Waals surface area contributed by atoms with Crippen LogP contribution in [-0.2, 0) is 31.9 Å². The van der Waals surface area contributed by atoms with Crippen LogP contribution in [0.25, 0.3) is 0 Å². The molecule has 1 unspecified atom stereocenters. The van der Waals surface area contributed by atoms with Crippen molar-refractivity contribution in [3.63, 3.8) is 0 Å². The lowest BCUT2D eigenvalue weighted by Crippen LogP contribution is -2.18. The van der Waals surface area contributed by atoms with Crippen molar-refractivity contribution in [2.75, 3.05) is 32.8 Å². The molecule has 0 radical (unpaired) electrons. The molecule has 0 saturated heterocycles. The normalized spacial score (nSPS) is 14.2. The smallest absolute Gasteiger partial charge is 0.341 e. The van der Waals surface area contributed by atoms with Crippen LogP contribution in [0.4, 0.5) is 5.00 Å². The summed E-state index contributed by atoms with van der Waals surface area (Å²) in [5.41, 5.74) is 1.81. The van der Waals surface area contributed by atoms with Crippen molar-refractivity contribution in [2.45, 2.75) is 58.3 Å². The zero-order valence-electron chi connectivity index (χ0n) is 20.7. The van der Waals surface area contributed by atoms with Crippen molar-refractivity contribution in [1.82, 2.24) is 0 Å². The average molecular weight is 504 g/mol. The molecule has 2 aromatic rings. The van der Waals surface area contributed by atoms with Crippen molar-refractivity contribution >= 4 is 34.2 Å². The van der Waals surface area contributed by atoms with Crippen LogP contribution in [0.3, 0.4) is 0 Å². The van der Waals surface area contributed by atoms with E-state index in [1.165, 1.54) is 25.6 Å². The summed E-state index contributed by atoms with van der Waals surface area (Å²) in [7, 11) is 2.61. The van der Waals surface area contributed by atoms with Gasteiger partial charge in [-0.05, 0) is 55.9 Å². The Hall–Kier alpha value is -3.07. The summed E-state index contributed by atoms with van der Waals surface area (Å²) in [6, 6.07) is 5.70. The summed E-state index contributed by atoms with van der Waals surface area (Å²) in [6.45, 7) is 5.16. The van der Waals surface area contributed by atoms with Crippen LogP contribution >= 0.6 is 11.3 Å². The minimum atomic E-state index is -0.575. The average Bonchev–Trinajstić information content (AvgIpc) is 3.42. The van der Waals surface area contributed by atoms with Gasteiger partial charge in [-0.3, -0.25) is 9.59 Å². The third-order valence-electron chi connectivity index (χ3n) is 5.86. The van der Waals surface area contributed by atoms with Gasteiger partial charge in [-0.2, -0.15) is 0 Å². The number of rotatable bonds is 12. The predicted molar refractivity (Wildman–Crippen MR) is 134 cm³/mol. The molecule has 3 rings (SSSR count). The molecule has 35 heavy (non-hydrogen) atoms. The summed E-state index contributed by atoms with van der Waals surface area (Å²) < 4.78 is 21.4. The number of nitrogens with one attached hydrogen (secondary N) is 1. The minimum absolute atomic E-state index is 0.214. The van der Waals surface area contributed by atoms with Gasteiger partial charge in [-0.25, -0.2) is 4.79 Å². The Kier molecular flexibility index (Phi) is 9.54. The molecule has 190 valence electrons. The quantitative estimate of drug-likeness (QED) is 0.325. The maximum Gasteiger partial charge on any atom is 0.341 e. The highest BCUT2D eigenvalue weighted by Crippen LogP contribution is 2.46. The summed E-state index contributed by atoms with van der Waals surface area (Å²) in [5, 5.41) is 3.27. The van der Waals surface area contributed by atoms with E-state index < -0.39 is 17.9 Å². The number of benzene rings is 1. The summed E-state index contributed by atoms with van der Waals surface area (Å²) in [4.78, 5) is 38.5. The fraction of sp³-hybridized carbons (Fsp3) is 0.500. The highest BCUT2D eigenvalue weighted by molar-refractivity contribution is 7.17. The molecule has 1 atom stereocenters. The number of esters is 2. The molecule has 1 aromatic carbocycles. The molecule has 1 heterocycles. The molecule has 1 aromatic heterocycles. The van der Waals surface area contributed by atoms with Gasteiger partial charge in [0.05, 0.1) is 38.9 Å². The van der Waals surface area contributed by atoms with E-state index in [0.29, 0.717) is 54.5 Å². The number of anilines is 1. The maximum atomic E-state index is 12.8. The van der Waals surface area contributed by atoms with Crippen molar-refractivity contribution in [2.24, 2.45) is 0 Å². The second kappa shape index (κ2) is 12.6.